The zero-order chi connectivity index (χ0) is 18.4. The molecule has 2 aromatic carbocycles. The number of carbonyl (C=O) groups excluding carboxylic acids is 2. The van der Waals surface area contributed by atoms with Crippen LogP contribution >= 0.6 is 11.8 Å². The molecule has 0 aliphatic carbocycles. The summed E-state index contributed by atoms with van der Waals surface area (Å²) in [7, 11) is 0. The number of benzene rings is 2. The lowest BCUT2D eigenvalue weighted by atomic mass is 10.1. The van der Waals surface area contributed by atoms with E-state index in [1.807, 2.05) is 60.4 Å². The summed E-state index contributed by atoms with van der Waals surface area (Å²) in [5, 5.41) is 2.99. The second kappa shape index (κ2) is 8.90. The normalized spacial score (nSPS) is 13.7. The average Bonchev–Trinajstić information content (AvgIpc) is 3.20. The van der Waals surface area contributed by atoms with Crippen LogP contribution in [0.3, 0.4) is 0 Å². The Kier molecular flexibility index (Phi) is 6.34. The molecule has 0 saturated carbocycles. The molecule has 0 spiro atoms. The largest absolute Gasteiger partial charge is 0.348 e. The Hall–Kier alpha value is -2.27. The first-order valence-corrected chi connectivity index (χ1v) is 9.96. The minimum Gasteiger partial charge on any atom is -0.348 e. The van der Waals surface area contributed by atoms with Crippen molar-refractivity contribution >= 4 is 23.6 Å². The van der Waals surface area contributed by atoms with Gasteiger partial charge in [-0.2, -0.15) is 0 Å². The Labute approximate surface area is 159 Å². The second-order valence-electron chi connectivity index (χ2n) is 6.48. The molecule has 3 rings (SSSR count). The predicted octanol–water partition coefficient (Wildman–Crippen LogP) is 3.64. The number of carbonyl (C=O) groups is 2. The minimum atomic E-state index is -0.107. The third-order valence-electron chi connectivity index (χ3n) is 4.64. The van der Waals surface area contributed by atoms with Crippen LogP contribution < -0.4 is 5.32 Å². The van der Waals surface area contributed by atoms with Gasteiger partial charge in [-0.05, 0) is 43.0 Å². The summed E-state index contributed by atoms with van der Waals surface area (Å²) in [4.78, 5) is 27.6. The number of hydrogen-bond acceptors (Lipinski definition) is 3. The molecule has 0 aromatic heterocycles. The smallest absolute Gasteiger partial charge is 0.252 e. The second-order valence-corrected chi connectivity index (χ2v) is 7.50. The summed E-state index contributed by atoms with van der Waals surface area (Å²) in [6.07, 6.45) is 2.18. The van der Waals surface area contributed by atoms with Crippen LogP contribution in [0.4, 0.5) is 0 Å². The molecule has 1 fully saturated rings. The van der Waals surface area contributed by atoms with Crippen LogP contribution in [0.2, 0.25) is 0 Å². The average molecular weight is 369 g/mol. The zero-order valence-corrected chi connectivity index (χ0v) is 15.8. The molecule has 0 radical (unpaired) electrons. The van der Waals surface area contributed by atoms with Crippen molar-refractivity contribution in [2.24, 2.45) is 0 Å². The molecule has 1 N–H and O–H groups in total. The maximum Gasteiger partial charge on any atom is 0.252 e. The number of amides is 2. The summed E-state index contributed by atoms with van der Waals surface area (Å²) < 4.78 is 0. The van der Waals surface area contributed by atoms with Gasteiger partial charge in [-0.1, -0.05) is 36.4 Å². The number of nitrogens with one attached hydrogen (secondary N) is 1. The topological polar surface area (TPSA) is 49.4 Å². The lowest BCUT2D eigenvalue weighted by Crippen LogP contribution is -2.29. The van der Waals surface area contributed by atoms with E-state index in [-0.39, 0.29) is 11.8 Å². The third-order valence-corrected chi connectivity index (χ3v) is 5.70. The molecular formula is C21H24N2O2S. The number of rotatable bonds is 6. The minimum absolute atomic E-state index is 0.107. The van der Waals surface area contributed by atoms with Gasteiger partial charge in [0, 0.05) is 24.5 Å². The molecule has 0 atom stereocenters. The Bertz CT molecular complexity index is 785. The molecule has 5 heteroatoms. The quantitative estimate of drug-likeness (QED) is 0.792. The van der Waals surface area contributed by atoms with Crippen molar-refractivity contribution in [3.63, 3.8) is 0 Å². The van der Waals surface area contributed by atoms with Gasteiger partial charge < -0.3 is 10.2 Å². The molecule has 26 heavy (non-hydrogen) atoms. The van der Waals surface area contributed by atoms with Gasteiger partial charge in [0.2, 0.25) is 5.91 Å². The van der Waals surface area contributed by atoms with E-state index >= 15 is 0 Å². The van der Waals surface area contributed by atoms with Crippen molar-refractivity contribution < 1.29 is 9.59 Å². The van der Waals surface area contributed by atoms with Gasteiger partial charge in [-0.15, -0.1) is 11.8 Å². The number of nitrogens with zero attached hydrogens (tertiary/aromatic N) is 1. The summed E-state index contributed by atoms with van der Waals surface area (Å²) in [5.74, 6) is 0.426. The summed E-state index contributed by atoms with van der Waals surface area (Å²) in [5.41, 5.74) is 2.89. The lowest BCUT2D eigenvalue weighted by molar-refractivity contribution is -0.127. The van der Waals surface area contributed by atoms with Crippen molar-refractivity contribution in [1.82, 2.24) is 10.2 Å². The monoisotopic (exact) mass is 368 g/mol. The maximum absolute atomic E-state index is 12.6. The van der Waals surface area contributed by atoms with Crippen LogP contribution in [-0.2, 0) is 11.3 Å². The molecule has 1 aliphatic heterocycles. The number of likely N-dealkylation sites (tertiary alicyclic amines) is 1. The van der Waals surface area contributed by atoms with E-state index in [9.17, 15) is 9.59 Å². The predicted molar refractivity (Wildman–Crippen MR) is 105 cm³/mol. The first-order chi connectivity index (χ1) is 12.6. The van der Waals surface area contributed by atoms with Crippen LogP contribution in [0, 0.1) is 6.92 Å². The van der Waals surface area contributed by atoms with Gasteiger partial charge in [0.05, 0.1) is 11.3 Å². The van der Waals surface area contributed by atoms with Crippen LogP contribution in [-0.4, -0.2) is 35.6 Å². The molecule has 1 saturated heterocycles. The van der Waals surface area contributed by atoms with Gasteiger partial charge in [0.15, 0.2) is 0 Å². The van der Waals surface area contributed by atoms with Crippen molar-refractivity contribution in [3.8, 4) is 0 Å². The molecule has 2 amide bonds. The van der Waals surface area contributed by atoms with Gasteiger partial charge in [0.25, 0.3) is 5.91 Å². The number of hydrogen-bond donors (Lipinski definition) is 1. The number of aryl methyl sites for hydroxylation is 1. The van der Waals surface area contributed by atoms with Crippen LogP contribution in [0.5, 0.6) is 0 Å². The first kappa shape index (κ1) is 18.5. The fourth-order valence-electron chi connectivity index (χ4n) is 3.06. The van der Waals surface area contributed by atoms with Crippen molar-refractivity contribution in [2.75, 3.05) is 18.8 Å². The fraction of sp³-hybridized carbons (Fsp3) is 0.333. The zero-order valence-electron chi connectivity index (χ0n) is 15.0. The maximum atomic E-state index is 12.6. The van der Waals surface area contributed by atoms with E-state index in [2.05, 4.69) is 5.32 Å². The van der Waals surface area contributed by atoms with E-state index in [0.29, 0.717) is 17.9 Å². The highest BCUT2D eigenvalue weighted by Crippen LogP contribution is 2.24. The van der Waals surface area contributed by atoms with Gasteiger partial charge >= 0.3 is 0 Å². The Morgan fingerprint density at radius 1 is 1.04 bits per heavy atom. The van der Waals surface area contributed by atoms with E-state index in [1.54, 1.807) is 0 Å². The van der Waals surface area contributed by atoms with Crippen molar-refractivity contribution in [1.29, 1.82) is 0 Å². The Morgan fingerprint density at radius 2 is 1.73 bits per heavy atom. The summed E-state index contributed by atoms with van der Waals surface area (Å²) >= 11 is 1.44. The van der Waals surface area contributed by atoms with E-state index in [1.165, 1.54) is 11.8 Å². The van der Waals surface area contributed by atoms with Crippen molar-refractivity contribution in [3.05, 3.63) is 65.2 Å². The number of thioether (sulfide) groups is 1. The molecule has 136 valence electrons. The van der Waals surface area contributed by atoms with Crippen molar-refractivity contribution in [2.45, 2.75) is 31.2 Å². The Balaban J connectivity index is 1.61. The van der Waals surface area contributed by atoms with E-state index < -0.39 is 0 Å². The molecule has 0 unspecified atom stereocenters. The van der Waals surface area contributed by atoms with Gasteiger partial charge in [-0.3, -0.25) is 9.59 Å². The molecule has 1 heterocycles. The summed E-state index contributed by atoms with van der Waals surface area (Å²) in [6, 6.07) is 15.5. The molecule has 4 nitrogen and oxygen atoms in total. The van der Waals surface area contributed by atoms with Gasteiger partial charge in [0.1, 0.15) is 0 Å². The first-order valence-electron chi connectivity index (χ1n) is 8.97. The molecular weight excluding hydrogens is 344 g/mol. The van der Waals surface area contributed by atoms with Crippen LogP contribution in [0.15, 0.2) is 53.4 Å². The molecule has 0 bridgehead atoms. The summed E-state index contributed by atoms with van der Waals surface area (Å²) in [6.45, 7) is 4.25. The highest BCUT2D eigenvalue weighted by molar-refractivity contribution is 8.00. The highest BCUT2D eigenvalue weighted by atomic mass is 32.2. The van der Waals surface area contributed by atoms with E-state index in [4.69, 9.17) is 0 Å². The van der Waals surface area contributed by atoms with E-state index in [0.717, 1.165) is 42.0 Å². The molecule has 1 aliphatic rings. The lowest BCUT2D eigenvalue weighted by Gasteiger charge is -2.15. The SMILES string of the molecule is Cc1ccccc1CNC(=O)c1ccccc1SCC(=O)N1CCCC1. The molecule has 2 aromatic rings. The Morgan fingerprint density at radius 3 is 2.50 bits per heavy atom. The highest BCUT2D eigenvalue weighted by Gasteiger charge is 2.19. The fourth-order valence-corrected chi connectivity index (χ4v) is 4.01. The van der Waals surface area contributed by atoms with Crippen LogP contribution in [0.1, 0.15) is 34.3 Å². The third kappa shape index (κ3) is 4.67. The van der Waals surface area contributed by atoms with Crippen LogP contribution in [0.25, 0.3) is 0 Å². The standard InChI is InChI=1S/C21H24N2O2S/c1-16-8-2-3-9-17(16)14-22-21(25)18-10-4-5-11-19(18)26-15-20(24)23-12-6-7-13-23/h2-5,8-11H,6-7,12-15H2,1H3,(H,22,25). The van der Waals surface area contributed by atoms with Gasteiger partial charge in [-0.25, -0.2) is 0 Å².